The summed E-state index contributed by atoms with van der Waals surface area (Å²) in [7, 11) is 0. The van der Waals surface area contributed by atoms with Crippen LogP contribution in [0.3, 0.4) is 0 Å². The SMILES string of the molecule is CCNC(=NCc1ccccc1CN1CCCC1=O)NCCc1ccc2c(c1)OCO2.I. The van der Waals surface area contributed by atoms with E-state index in [4.69, 9.17) is 14.5 Å². The lowest BCUT2D eigenvalue weighted by molar-refractivity contribution is -0.128. The molecule has 0 aliphatic carbocycles. The smallest absolute Gasteiger partial charge is 0.231 e. The Labute approximate surface area is 206 Å². The number of nitrogens with zero attached hydrogens (tertiary/aromatic N) is 2. The van der Waals surface area contributed by atoms with E-state index in [9.17, 15) is 4.79 Å². The number of likely N-dealkylation sites (tertiary alicyclic amines) is 1. The molecule has 172 valence electrons. The van der Waals surface area contributed by atoms with E-state index in [1.807, 2.05) is 29.2 Å². The van der Waals surface area contributed by atoms with E-state index in [1.165, 1.54) is 5.56 Å². The Morgan fingerprint density at radius 2 is 1.91 bits per heavy atom. The molecule has 8 heteroatoms. The average molecular weight is 550 g/mol. The van der Waals surface area contributed by atoms with Gasteiger partial charge in [-0.15, -0.1) is 24.0 Å². The normalized spacial score (nSPS) is 15.0. The highest BCUT2D eigenvalue weighted by molar-refractivity contribution is 14.0. The summed E-state index contributed by atoms with van der Waals surface area (Å²) in [6.07, 6.45) is 2.48. The second-order valence-electron chi connectivity index (χ2n) is 7.75. The first-order valence-corrected chi connectivity index (χ1v) is 11.0. The highest BCUT2D eigenvalue weighted by atomic mass is 127. The molecule has 2 aliphatic heterocycles. The van der Waals surface area contributed by atoms with Gasteiger partial charge in [0.05, 0.1) is 6.54 Å². The van der Waals surface area contributed by atoms with Gasteiger partial charge in [-0.1, -0.05) is 30.3 Å². The van der Waals surface area contributed by atoms with Crippen molar-refractivity contribution in [3.8, 4) is 11.5 Å². The molecule has 2 N–H and O–H groups in total. The molecule has 32 heavy (non-hydrogen) atoms. The predicted octanol–water partition coefficient (Wildman–Crippen LogP) is 3.45. The van der Waals surface area contributed by atoms with Crippen LogP contribution in [-0.2, 0) is 24.3 Å². The number of amides is 1. The standard InChI is InChI=1S/C24H30N4O3.HI/c1-2-25-24(26-12-11-18-9-10-21-22(14-18)31-17-30-21)27-15-19-6-3-4-7-20(19)16-28-13-5-8-23(28)29;/h3-4,6-7,9-10,14H,2,5,8,11-13,15-17H2,1H3,(H2,25,26,27);1H. The molecule has 1 amide bonds. The zero-order valence-electron chi connectivity index (χ0n) is 18.4. The first-order valence-electron chi connectivity index (χ1n) is 11.0. The molecule has 7 nitrogen and oxygen atoms in total. The van der Waals surface area contributed by atoms with Crippen molar-refractivity contribution >= 4 is 35.8 Å². The Hall–Kier alpha value is -2.49. The first kappa shape index (κ1) is 24.2. The van der Waals surface area contributed by atoms with Crippen molar-refractivity contribution in [2.75, 3.05) is 26.4 Å². The van der Waals surface area contributed by atoms with Gasteiger partial charge in [0, 0.05) is 32.6 Å². The Balaban J connectivity index is 0.00000289. The van der Waals surface area contributed by atoms with Gasteiger partial charge < -0.3 is 25.0 Å². The summed E-state index contributed by atoms with van der Waals surface area (Å²) in [5.41, 5.74) is 3.50. The summed E-state index contributed by atoms with van der Waals surface area (Å²) in [5, 5.41) is 6.72. The van der Waals surface area contributed by atoms with Gasteiger partial charge in [-0.3, -0.25) is 4.79 Å². The number of hydrogen-bond acceptors (Lipinski definition) is 4. The van der Waals surface area contributed by atoms with E-state index in [1.54, 1.807) is 0 Å². The molecule has 2 aliphatic rings. The van der Waals surface area contributed by atoms with E-state index in [0.717, 1.165) is 61.1 Å². The number of rotatable bonds is 8. The molecule has 2 aromatic rings. The molecule has 1 saturated heterocycles. The summed E-state index contributed by atoms with van der Waals surface area (Å²) >= 11 is 0. The van der Waals surface area contributed by atoms with Crippen LogP contribution in [0.25, 0.3) is 0 Å². The topological polar surface area (TPSA) is 75.2 Å². The molecule has 0 radical (unpaired) electrons. The summed E-state index contributed by atoms with van der Waals surface area (Å²) < 4.78 is 10.8. The molecule has 0 spiro atoms. The zero-order chi connectivity index (χ0) is 21.5. The molecular weight excluding hydrogens is 519 g/mol. The van der Waals surface area contributed by atoms with Gasteiger partial charge in [-0.25, -0.2) is 4.99 Å². The van der Waals surface area contributed by atoms with E-state index < -0.39 is 0 Å². The fourth-order valence-corrected chi connectivity index (χ4v) is 3.87. The van der Waals surface area contributed by atoms with Crippen LogP contribution >= 0.6 is 24.0 Å². The Morgan fingerprint density at radius 1 is 1.09 bits per heavy atom. The van der Waals surface area contributed by atoms with Crippen LogP contribution in [0.1, 0.15) is 36.5 Å². The minimum atomic E-state index is 0. The molecule has 2 aromatic carbocycles. The maximum Gasteiger partial charge on any atom is 0.231 e. The van der Waals surface area contributed by atoms with E-state index in [-0.39, 0.29) is 29.9 Å². The van der Waals surface area contributed by atoms with Gasteiger partial charge >= 0.3 is 0 Å². The number of hydrogen-bond donors (Lipinski definition) is 2. The largest absolute Gasteiger partial charge is 0.454 e. The molecule has 0 unspecified atom stereocenters. The van der Waals surface area contributed by atoms with Crippen molar-refractivity contribution in [2.45, 2.75) is 39.3 Å². The van der Waals surface area contributed by atoms with Crippen molar-refractivity contribution in [1.82, 2.24) is 15.5 Å². The van der Waals surface area contributed by atoms with Crippen LogP contribution in [0, 0.1) is 0 Å². The van der Waals surface area contributed by atoms with Gasteiger partial charge in [-0.2, -0.15) is 0 Å². The number of halogens is 1. The lowest BCUT2D eigenvalue weighted by atomic mass is 10.1. The summed E-state index contributed by atoms with van der Waals surface area (Å²) in [5.74, 6) is 2.65. The van der Waals surface area contributed by atoms with Gasteiger partial charge in [-0.05, 0) is 48.6 Å². The number of carbonyl (C=O) groups is 1. The molecule has 4 rings (SSSR count). The molecular formula is C24H31IN4O3. The summed E-state index contributed by atoms with van der Waals surface area (Å²) in [6.45, 7) is 5.98. The maximum absolute atomic E-state index is 12.0. The van der Waals surface area contributed by atoms with Crippen molar-refractivity contribution in [3.05, 3.63) is 59.2 Å². The fraction of sp³-hybridized carbons (Fsp3) is 0.417. The lowest BCUT2D eigenvalue weighted by Gasteiger charge is -2.18. The van der Waals surface area contributed by atoms with Crippen molar-refractivity contribution in [3.63, 3.8) is 0 Å². The van der Waals surface area contributed by atoms with Crippen LogP contribution in [0.2, 0.25) is 0 Å². The third-order valence-corrected chi connectivity index (χ3v) is 5.55. The molecule has 0 saturated carbocycles. The Kier molecular flexibility index (Phi) is 9.01. The quantitative estimate of drug-likeness (QED) is 0.299. The van der Waals surface area contributed by atoms with Crippen LogP contribution < -0.4 is 20.1 Å². The highest BCUT2D eigenvalue weighted by Crippen LogP contribution is 2.32. The van der Waals surface area contributed by atoms with E-state index in [2.05, 4.69) is 35.8 Å². The molecule has 0 bridgehead atoms. The zero-order valence-corrected chi connectivity index (χ0v) is 20.8. The fourth-order valence-electron chi connectivity index (χ4n) is 3.87. The second-order valence-corrected chi connectivity index (χ2v) is 7.75. The van der Waals surface area contributed by atoms with Crippen LogP contribution in [0.5, 0.6) is 11.5 Å². The van der Waals surface area contributed by atoms with Gasteiger partial charge in [0.1, 0.15) is 0 Å². The number of nitrogens with one attached hydrogen (secondary N) is 2. The number of guanidine groups is 1. The number of ether oxygens (including phenoxy) is 2. The molecule has 2 heterocycles. The Morgan fingerprint density at radius 3 is 2.69 bits per heavy atom. The summed E-state index contributed by atoms with van der Waals surface area (Å²) in [4.78, 5) is 18.7. The van der Waals surface area contributed by atoms with Crippen LogP contribution in [0.4, 0.5) is 0 Å². The molecule has 0 aromatic heterocycles. The first-order chi connectivity index (χ1) is 15.2. The summed E-state index contributed by atoms with van der Waals surface area (Å²) in [6, 6.07) is 14.3. The third-order valence-electron chi connectivity index (χ3n) is 5.55. The lowest BCUT2D eigenvalue weighted by Crippen LogP contribution is -2.38. The van der Waals surface area contributed by atoms with Crippen LogP contribution in [0.15, 0.2) is 47.5 Å². The van der Waals surface area contributed by atoms with Gasteiger partial charge in [0.15, 0.2) is 17.5 Å². The average Bonchev–Trinajstić information content (AvgIpc) is 3.41. The van der Waals surface area contributed by atoms with E-state index >= 15 is 0 Å². The minimum absolute atomic E-state index is 0. The van der Waals surface area contributed by atoms with Crippen molar-refractivity contribution in [1.29, 1.82) is 0 Å². The van der Waals surface area contributed by atoms with Crippen molar-refractivity contribution < 1.29 is 14.3 Å². The monoisotopic (exact) mass is 550 g/mol. The third kappa shape index (κ3) is 6.27. The molecule has 1 fully saturated rings. The number of carbonyl (C=O) groups excluding carboxylic acids is 1. The number of fused-ring (bicyclic) bond motifs is 1. The van der Waals surface area contributed by atoms with Crippen molar-refractivity contribution in [2.24, 2.45) is 4.99 Å². The second kappa shape index (κ2) is 11.9. The highest BCUT2D eigenvalue weighted by Gasteiger charge is 2.20. The predicted molar refractivity (Wildman–Crippen MR) is 136 cm³/mol. The number of benzene rings is 2. The Bertz CT molecular complexity index is 951. The van der Waals surface area contributed by atoms with Gasteiger partial charge in [0.25, 0.3) is 0 Å². The van der Waals surface area contributed by atoms with E-state index in [0.29, 0.717) is 26.3 Å². The molecule has 0 atom stereocenters. The van der Waals surface area contributed by atoms with Gasteiger partial charge in [0.2, 0.25) is 12.7 Å². The minimum Gasteiger partial charge on any atom is -0.454 e. The maximum atomic E-state index is 12.0. The number of aliphatic imine (C=N–C) groups is 1. The van der Waals surface area contributed by atoms with Crippen LogP contribution in [-0.4, -0.2) is 43.2 Å².